The molecule has 0 aliphatic heterocycles. The second kappa shape index (κ2) is 5.22. The Morgan fingerprint density at radius 1 is 1.53 bits per heavy atom. The number of carbonyl (C=O) groups is 1. The van der Waals surface area contributed by atoms with Crippen LogP contribution >= 0.6 is 0 Å². The Morgan fingerprint density at radius 3 is 2.74 bits per heavy atom. The summed E-state index contributed by atoms with van der Waals surface area (Å²) in [5.41, 5.74) is 0. The fourth-order valence-corrected chi connectivity index (χ4v) is 3.41. The lowest BCUT2D eigenvalue weighted by molar-refractivity contribution is -0.137. The van der Waals surface area contributed by atoms with E-state index in [4.69, 9.17) is 5.11 Å². The zero-order chi connectivity index (χ0) is 14.0. The molecule has 6 nitrogen and oxygen atoms in total. The second-order valence-corrected chi connectivity index (χ2v) is 6.09. The molecule has 1 aromatic rings. The molecule has 0 radical (unpaired) electrons. The maximum atomic E-state index is 13.5. The van der Waals surface area contributed by atoms with Crippen molar-refractivity contribution in [2.24, 2.45) is 0 Å². The van der Waals surface area contributed by atoms with Crippen LogP contribution in [0.5, 0.6) is 0 Å². The van der Waals surface area contributed by atoms with Gasteiger partial charge in [-0.25, -0.2) is 17.8 Å². The number of nitrogens with zero attached hydrogens (tertiary/aromatic N) is 2. The second-order valence-electron chi connectivity index (χ2n) is 4.28. The zero-order valence-corrected chi connectivity index (χ0v) is 10.8. The first-order valence-corrected chi connectivity index (χ1v) is 7.21. The minimum Gasteiger partial charge on any atom is -0.481 e. The van der Waals surface area contributed by atoms with Crippen molar-refractivity contribution in [2.75, 3.05) is 6.54 Å². The van der Waals surface area contributed by atoms with Crippen LogP contribution < -0.4 is 0 Å². The molecule has 0 aromatic carbocycles. The molecule has 1 aliphatic rings. The summed E-state index contributed by atoms with van der Waals surface area (Å²) in [6.45, 7) is -0.168. The summed E-state index contributed by atoms with van der Waals surface area (Å²) < 4.78 is 39.1. The molecule has 19 heavy (non-hydrogen) atoms. The van der Waals surface area contributed by atoms with Gasteiger partial charge < -0.3 is 5.11 Å². The van der Waals surface area contributed by atoms with Crippen molar-refractivity contribution < 1.29 is 22.7 Å². The summed E-state index contributed by atoms with van der Waals surface area (Å²) >= 11 is 0. The monoisotopic (exact) mass is 288 g/mol. The van der Waals surface area contributed by atoms with E-state index in [1.807, 2.05) is 0 Å². The Balaban J connectivity index is 2.29. The van der Waals surface area contributed by atoms with Crippen molar-refractivity contribution in [1.82, 2.24) is 9.29 Å². The molecule has 2 rings (SSSR count). The SMILES string of the molecule is O=C(O)CCN(C1CC1)S(=O)(=O)c1ncccc1F. The highest BCUT2D eigenvalue weighted by Gasteiger charge is 2.39. The van der Waals surface area contributed by atoms with Gasteiger partial charge >= 0.3 is 5.97 Å². The highest BCUT2D eigenvalue weighted by Crippen LogP contribution is 2.32. The molecular formula is C11H13FN2O4S. The quantitative estimate of drug-likeness (QED) is 0.838. The van der Waals surface area contributed by atoms with Crippen molar-refractivity contribution in [3.05, 3.63) is 24.1 Å². The van der Waals surface area contributed by atoms with E-state index in [0.29, 0.717) is 12.8 Å². The summed E-state index contributed by atoms with van der Waals surface area (Å²) in [6, 6.07) is 2.07. The van der Waals surface area contributed by atoms with Gasteiger partial charge in [-0.2, -0.15) is 4.31 Å². The summed E-state index contributed by atoms with van der Waals surface area (Å²) in [6.07, 6.45) is 2.20. The van der Waals surface area contributed by atoms with Crippen LogP contribution in [0.2, 0.25) is 0 Å². The molecular weight excluding hydrogens is 275 g/mol. The fraction of sp³-hybridized carbons (Fsp3) is 0.455. The van der Waals surface area contributed by atoms with E-state index >= 15 is 0 Å². The third-order valence-corrected chi connectivity index (χ3v) is 4.67. The van der Waals surface area contributed by atoms with E-state index < -0.39 is 26.8 Å². The normalized spacial score (nSPS) is 15.7. The summed E-state index contributed by atoms with van der Waals surface area (Å²) in [5.74, 6) is -2.02. The van der Waals surface area contributed by atoms with Crippen LogP contribution in [0.25, 0.3) is 0 Å². The summed E-state index contributed by atoms with van der Waals surface area (Å²) in [4.78, 5) is 14.1. The zero-order valence-electron chi connectivity index (χ0n) is 9.99. The highest BCUT2D eigenvalue weighted by atomic mass is 32.2. The van der Waals surface area contributed by atoms with E-state index in [1.165, 1.54) is 12.3 Å². The van der Waals surface area contributed by atoms with E-state index in [0.717, 1.165) is 10.4 Å². The van der Waals surface area contributed by atoms with Gasteiger partial charge in [0.1, 0.15) is 0 Å². The third kappa shape index (κ3) is 3.07. The van der Waals surface area contributed by atoms with E-state index in [-0.39, 0.29) is 19.0 Å². The molecule has 0 bridgehead atoms. The first-order chi connectivity index (χ1) is 8.93. The van der Waals surface area contributed by atoms with Crippen LogP contribution in [0, 0.1) is 5.82 Å². The Bertz CT molecular complexity index is 586. The van der Waals surface area contributed by atoms with Crippen molar-refractivity contribution >= 4 is 16.0 Å². The Kier molecular flexibility index (Phi) is 3.81. The van der Waals surface area contributed by atoms with E-state index in [1.54, 1.807) is 0 Å². The van der Waals surface area contributed by atoms with E-state index in [9.17, 15) is 17.6 Å². The molecule has 1 aliphatic carbocycles. The average molecular weight is 288 g/mol. The van der Waals surface area contributed by atoms with Crippen molar-refractivity contribution in [3.8, 4) is 0 Å². The number of halogens is 1. The maximum absolute atomic E-state index is 13.5. The number of carboxylic acid groups (broad SMARTS) is 1. The molecule has 1 N–H and O–H groups in total. The van der Waals surface area contributed by atoms with Gasteiger partial charge in [-0.1, -0.05) is 0 Å². The molecule has 104 valence electrons. The Hall–Kier alpha value is -1.54. The molecule has 0 spiro atoms. The first-order valence-electron chi connectivity index (χ1n) is 5.77. The van der Waals surface area contributed by atoms with Gasteiger partial charge in [-0.3, -0.25) is 4.79 Å². The largest absolute Gasteiger partial charge is 0.481 e. The number of pyridine rings is 1. The minimum atomic E-state index is -4.08. The third-order valence-electron chi connectivity index (χ3n) is 2.78. The molecule has 8 heteroatoms. The predicted octanol–water partition coefficient (Wildman–Crippen LogP) is 0.848. The molecule has 1 fully saturated rings. The highest BCUT2D eigenvalue weighted by molar-refractivity contribution is 7.89. The van der Waals surface area contributed by atoms with Crippen molar-refractivity contribution in [2.45, 2.75) is 30.3 Å². The molecule has 0 atom stereocenters. The van der Waals surface area contributed by atoms with Gasteiger partial charge in [0, 0.05) is 18.8 Å². The predicted molar refractivity (Wildman–Crippen MR) is 63.4 cm³/mol. The number of aliphatic carboxylic acids is 1. The molecule has 1 heterocycles. The lowest BCUT2D eigenvalue weighted by Gasteiger charge is -2.20. The van der Waals surface area contributed by atoms with Gasteiger partial charge in [0.25, 0.3) is 10.0 Å². The molecule has 0 amide bonds. The Labute approximate surface area is 109 Å². The molecule has 1 aromatic heterocycles. The average Bonchev–Trinajstić information content (AvgIpc) is 3.13. The van der Waals surface area contributed by atoms with Gasteiger partial charge in [0.2, 0.25) is 5.03 Å². The number of aromatic nitrogens is 1. The first kappa shape index (κ1) is 13.9. The van der Waals surface area contributed by atoms with Crippen molar-refractivity contribution in [3.63, 3.8) is 0 Å². The van der Waals surface area contributed by atoms with Gasteiger partial charge in [0.15, 0.2) is 5.82 Å². The van der Waals surface area contributed by atoms with Gasteiger partial charge in [-0.05, 0) is 25.0 Å². The van der Waals surface area contributed by atoms with Crippen LogP contribution in [0.1, 0.15) is 19.3 Å². The van der Waals surface area contributed by atoms with E-state index in [2.05, 4.69) is 4.98 Å². The molecule has 0 saturated heterocycles. The Morgan fingerprint density at radius 2 is 2.21 bits per heavy atom. The molecule has 0 unspecified atom stereocenters. The van der Waals surface area contributed by atoms with Gasteiger partial charge in [0.05, 0.1) is 6.42 Å². The maximum Gasteiger partial charge on any atom is 0.304 e. The topological polar surface area (TPSA) is 87.6 Å². The number of rotatable bonds is 6. The summed E-state index contributed by atoms with van der Waals surface area (Å²) in [7, 11) is -4.08. The molecule has 1 saturated carbocycles. The van der Waals surface area contributed by atoms with Gasteiger partial charge in [-0.15, -0.1) is 0 Å². The van der Waals surface area contributed by atoms with Crippen LogP contribution in [-0.2, 0) is 14.8 Å². The summed E-state index contributed by atoms with van der Waals surface area (Å²) in [5, 5.41) is 8.00. The number of carboxylic acids is 1. The standard InChI is InChI=1S/C11H13FN2O4S/c12-9-2-1-6-13-11(9)19(17,18)14(8-3-4-8)7-5-10(15)16/h1-2,6,8H,3-5,7H2,(H,15,16). The fourth-order valence-electron chi connectivity index (χ4n) is 1.74. The van der Waals surface area contributed by atoms with Crippen LogP contribution in [-0.4, -0.2) is 41.4 Å². The number of hydrogen-bond donors (Lipinski definition) is 1. The lowest BCUT2D eigenvalue weighted by Crippen LogP contribution is -2.36. The smallest absolute Gasteiger partial charge is 0.304 e. The van der Waals surface area contributed by atoms with Crippen LogP contribution in [0.4, 0.5) is 4.39 Å². The van der Waals surface area contributed by atoms with Crippen LogP contribution in [0.15, 0.2) is 23.4 Å². The lowest BCUT2D eigenvalue weighted by atomic mass is 10.4. The minimum absolute atomic E-state index is 0.168. The van der Waals surface area contributed by atoms with Crippen LogP contribution in [0.3, 0.4) is 0 Å². The number of hydrogen-bond acceptors (Lipinski definition) is 4. The van der Waals surface area contributed by atoms with Crippen molar-refractivity contribution in [1.29, 1.82) is 0 Å². The number of sulfonamides is 1.